The predicted octanol–water partition coefficient (Wildman–Crippen LogP) is 11.4. The minimum Gasteiger partial charge on any atom is -0.310 e. The Balaban J connectivity index is 1.38. The second-order valence-electron chi connectivity index (χ2n) is 12.7. The van der Waals surface area contributed by atoms with Gasteiger partial charge in [0.1, 0.15) is 11.2 Å². The molecule has 0 bridgehead atoms. The largest absolute Gasteiger partial charge is 0.310 e. The Labute approximate surface area is 272 Å². The van der Waals surface area contributed by atoms with Gasteiger partial charge in [0, 0.05) is 16.9 Å². The smallest absolute Gasteiger partial charge is 0.124 e. The molecule has 1 fully saturated rings. The van der Waals surface area contributed by atoms with Gasteiger partial charge in [-0.1, -0.05) is 109 Å². The molecule has 4 heteroatoms. The molecule has 0 spiro atoms. The lowest BCUT2D eigenvalue weighted by Crippen LogP contribution is -2.41. The highest BCUT2D eigenvalue weighted by atomic mass is 17.0. The summed E-state index contributed by atoms with van der Waals surface area (Å²) in [6.07, 6.45) is 0. The average molecular weight is 603 g/mol. The van der Waals surface area contributed by atoms with E-state index in [-0.39, 0.29) is 0 Å². The van der Waals surface area contributed by atoms with Gasteiger partial charge in [-0.2, -0.15) is 0 Å². The lowest BCUT2D eigenvalue weighted by molar-refractivity contribution is -0.0272. The van der Waals surface area contributed by atoms with Crippen LogP contribution < -0.4 is 10.1 Å². The molecule has 0 radical (unpaired) electrons. The lowest BCUT2D eigenvalue weighted by atomic mass is 9.90. The van der Waals surface area contributed by atoms with Crippen molar-refractivity contribution in [1.82, 2.24) is 0 Å². The van der Waals surface area contributed by atoms with Crippen LogP contribution in [-0.2, 0) is 9.68 Å². The number of nitrogens with zero attached hydrogens (tertiary/aromatic N) is 2. The first-order valence-electron chi connectivity index (χ1n) is 15.8. The van der Waals surface area contributed by atoms with Crippen LogP contribution in [-0.4, -0.2) is 11.2 Å². The summed E-state index contributed by atoms with van der Waals surface area (Å²) in [6, 6.07) is 55.6. The third-order valence-corrected chi connectivity index (χ3v) is 9.03. The third kappa shape index (κ3) is 5.69. The second-order valence-corrected chi connectivity index (χ2v) is 12.7. The number of hydrogen-bond donors (Lipinski definition) is 0. The van der Waals surface area contributed by atoms with E-state index in [4.69, 9.17) is 9.68 Å². The molecular weight excluding hydrogens is 564 g/mol. The summed E-state index contributed by atoms with van der Waals surface area (Å²) in [6.45, 7) is 8.19. The van der Waals surface area contributed by atoms with E-state index in [0.717, 1.165) is 39.4 Å². The van der Waals surface area contributed by atoms with Crippen LogP contribution in [0.4, 0.5) is 22.7 Å². The summed E-state index contributed by atoms with van der Waals surface area (Å²) in [5.74, 6) is 0. The topological polar surface area (TPSA) is 24.9 Å². The number of hydrogen-bond acceptors (Lipinski definition) is 4. The van der Waals surface area contributed by atoms with Crippen molar-refractivity contribution in [3.05, 3.63) is 158 Å². The van der Waals surface area contributed by atoms with Crippen LogP contribution in [0.1, 0.15) is 27.7 Å². The van der Waals surface area contributed by atoms with Crippen LogP contribution in [0.25, 0.3) is 33.4 Å². The van der Waals surface area contributed by atoms with Gasteiger partial charge in [0.2, 0.25) is 0 Å². The molecule has 1 aliphatic rings. The summed E-state index contributed by atoms with van der Waals surface area (Å²) in [7, 11) is 0. The number of rotatable bonds is 7. The van der Waals surface area contributed by atoms with Crippen LogP contribution in [0.15, 0.2) is 158 Å². The monoisotopic (exact) mass is 602 g/mol. The zero-order chi connectivity index (χ0) is 31.7. The standard InChI is InChI=1S/C42H38N2O2/c1-41(2)42(3,4)46-44(45-41)37-26-24-36(25-27-37)43(38-22-14-21-34(29-38)31-15-8-5-9-16-31)40-28-23-35(32-17-10-6-11-18-32)30-39(40)33-19-12-7-13-20-33/h5-30H,1-4H3. The molecule has 4 nitrogen and oxygen atoms in total. The molecule has 0 amide bonds. The molecule has 1 saturated heterocycles. The number of anilines is 4. The second kappa shape index (κ2) is 12.0. The van der Waals surface area contributed by atoms with Crippen LogP contribution in [0.3, 0.4) is 0 Å². The predicted molar refractivity (Wildman–Crippen MR) is 190 cm³/mol. The highest BCUT2D eigenvalue weighted by molar-refractivity contribution is 5.91. The van der Waals surface area contributed by atoms with E-state index in [1.807, 2.05) is 27.7 Å². The zero-order valence-electron chi connectivity index (χ0n) is 26.7. The summed E-state index contributed by atoms with van der Waals surface area (Å²) >= 11 is 0. The molecule has 0 saturated carbocycles. The molecule has 228 valence electrons. The van der Waals surface area contributed by atoms with Gasteiger partial charge in [-0.25, -0.2) is 9.68 Å². The Hall–Kier alpha value is -5.16. The Kier molecular flexibility index (Phi) is 7.69. The Morgan fingerprint density at radius 3 is 1.50 bits per heavy atom. The highest BCUT2D eigenvalue weighted by Crippen LogP contribution is 2.45. The molecule has 1 aliphatic heterocycles. The van der Waals surface area contributed by atoms with Gasteiger partial charge < -0.3 is 4.90 Å². The van der Waals surface area contributed by atoms with E-state index in [9.17, 15) is 0 Å². The number of benzene rings is 6. The van der Waals surface area contributed by atoms with E-state index >= 15 is 0 Å². The van der Waals surface area contributed by atoms with E-state index in [2.05, 4.69) is 163 Å². The maximum Gasteiger partial charge on any atom is 0.124 e. The fraction of sp³-hybridized carbons (Fsp3) is 0.143. The molecule has 0 aromatic heterocycles. The Morgan fingerprint density at radius 2 is 0.935 bits per heavy atom. The maximum atomic E-state index is 6.21. The van der Waals surface area contributed by atoms with Gasteiger partial charge in [0.25, 0.3) is 0 Å². The quantitative estimate of drug-likeness (QED) is 0.181. The van der Waals surface area contributed by atoms with Crippen molar-refractivity contribution in [3.63, 3.8) is 0 Å². The molecule has 6 aromatic rings. The van der Waals surface area contributed by atoms with Crippen LogP contribution in [0, 0.1) is 0 Å². The van der Waals surface area contributed by atoms with Gasteiger partial charge in [-0.05, 0) is 104 Å². The first-order chi connectivity index (χ1) is 22.3. The fourth-order valence-electron chi connectivity index (χ4n) is 5.75. The van der Waals surface area contributed by atoms with Gasteiger partial charge in [0.15, 0.2) is 0 Å². The molecule has 1 heterocycles. The van der Waals surface area contributed by atoms with Crippen molar-refractivity contribution in [3.8, 4) is 33.4 Å². The van der Waals surface area contributed by atoms with Crippen LogP contribution in [0.5, 0.6) is 0 Å². The molecule has 0 atom stereocenters. The fourth-order valence-corrected chi connectivity index (χ4v) is 5.75. The third-order valence-electron chi connectivity index (χ3n) is 9.03. The summed E-state index contributed by atoms with van der Waals surface area (Å²) in [5, 5.41) is 1.55. The minimum absolute atomic E-state index is 0.472. The molecule has 0 N–H and O–H groups in total. The average Bonchev–Trinajstić information content (AvgIpc) is 3.32. The van der Waals surface area contributed by atoms with Crippen molar-refractivity contribution >= 4 is 22.7 Å². The molecule has 6 aromatic carbocycles. The molecule has 7 rings (SSSR count). The SMILES string of the molecule is CC1(C)ON(c2ccc(N(c3cccc(-c4ccccc4)c3)c3ccc(-c4ccccc4)cc3-c3ccccc3)cc2)OC1(C)C. The van der Waals surface area contributed by atoms with Crippen LogP contribution in [0.2, 0.25) is 0 Å². The van der Waals surface area contributed by atoms with Gasteiger partial charge in [-0.15, -0.1) is 5.23 Å². The normalized spacial score (nSPS) is 15.1. The van der Waals surface area contributed by atoms with E-state index < -0.39 is 11.2 Å². The van der Waals surface area contributed by atoms with Crippen molar-refractivity contribution in [1.29, 1.82) is 0 Å². The summed E-state index contributed by atoms with van der Waals surface area (Å²) in [4.78, 5) is 14.8. The molecule has 46 heavy (non-hydrogen) atoms. The Morgan fingerprint density at radius 1 is 0.435 bits per heavy atom. The van der Waals surface area contributed by atoms with Crippen molar-refractivity contribution < 1.29 is 9.68 Å². The summed E-state index contributed by atoms with van der Waals surface area (Å²) in [5.41, 5.74) is 10.1. The first-order valence-corrected chi connectivity index (χ1v) is 15.8. The van der Waals surface area contributed by atoms with Crippen molar-refractivity contribution in [2.24, 2.45) is 0 Å². The van der Waals surface area contributed by atoms with Gasteiger partial charge >= 0.3 is 0 Å². The van der Waals surface area contributed by atoms with Crippen molar-refractivity contribution in [2.75, 3.05) is 10.1 Å². The summed E-state index contributed by atoms with van der Waals surface area (Å²) < 4.78 is 0. The molecule has 0 unspecified atom stereocenters. The molecule has 0 aliphatic carbocycles. The van der Waals surface area contributed by atoms with Crippen LogP contribution >= 0.6 is 0 Å². The Bertz CT molecular complexity index is 1920. The van der Waals surface area contributed by atoms with E-state index in [0.29, 0.717) is 0 Å². The molecular formula is C42H38N2O2. The van der Waals surface area contributed by atoms with Crippen molar-refractivity contribution in [2.45, 2.75) is 38.9 Å². The maximum absolute atomic E-state index is 6.21. The minimum atomic E-state index is -0.472. The van der Waals surface area contributed by atoms with E-state index in [1.165, 1.54) is 16.7 Å². The zero-order valence-corrected chi connectivity index (χ0v) is 26.7. The van der Waals surface area contributed by atoms with E-state index in [1.54, 1.807) is 5.23 Å². The van der Waals surface area contributed by atoms with Gasteiger partial charge in [-0.3, -0.25) is 0 Å². The first kappa shape index (κ1) is 29.5. The lowest BCUT2D eigenvalue weighted by Gasteiger charge is -2.29. The van der Waals surface area contributed by atoms with Gasteiger partial charge in [0.05, 0.1) is 11.4 Å². The highest BCUT2D eigenvalue weighted by Gasteiger charge is 2.50.